The lowest BCUT2D eigenvalue weighted by atomic mass is 9.97. The lowest BCUT2D eigenvalue weighted by Gasteiger charge is -2.15. The lowest BCUT2D eigenvalue weighted by Crippen LogP contribution is -2.10. The maximum absolute atomic E-state index is 13.6. The van der Waals surface area contributed by atoms with Crippen LogP contribution in [0.15, 0.2) is 18.2 Å². The Labute approximate surface area is 92.8 Å². The minimum Gasteiger partial charge on any atom is -0.327 e. The van der Waals surface area contributed by atoms with Gasteiger partial charge in [-0.25, -0.2) is 13.2 Å². The van der Waals surface area contributed by atoms with E-state index in [-0.39, 0.29) is 17.7 Å². The Balaban J connectivity index is 3.28. The van der Waals surface area contributed by atoms with E-state index in [1.807, 2.05) is 0 Å². The van der Waals surface area contributed by atoms with E-state index < -0.39 is 17.3 Å². The summed E-state index contributed by atoms with van der Waals surface area (Å²) in [6, 6.07) is 2.15. The summed E-state index contributed by atoms with van der Waals surface area (Å²) in [7, 11) is 0. The van der Waals surface area contributed by atoms with Crippen LogP contribution in [0.4, 0.5) is 13.2 Å². The molecule has 4 heteroatoms. The second kappa shape index (κ2) is 4.70. The first kappa shape index (κ1) is 12.8. The van der Waals surface area contributed by atoms with Crippen LogP contribution in [-0.4, -0.2) is 6.54 Å². The van der Waals surface area contributed by atoms with Gasteiger partial charge in [-0.3, -0.25) is 0 Å². The van der Waals surface area contributed by atoms with Crippen LogP contribution in [0.3, 0.4) is 0 Å². The SMILES string of the molecule is CC(C)(F)c1cc(F)c(F)c(/C=C/CN)c1. The van der Waals surface area contributed by atoms with Gasteiger partial charge < -0.3 is 5.73 Å². The average Bonchev–Trinajstić information content (AvgIpc) is 2.18. The molecule has 0 amide bonds. The minimum atomic E-state index is -1.71. The molecule has 0 heterocycles. The zero-order valence-corrected chi connectivity index (χ0v) is 9.23. The molecular weight excluding hydrogens is 215 g/mol. The highest BCUT2D eigenvalue weighted by Gasteiger charge is 2.22. The predicted molar refractivity (Wildman–Crippen MR) is 58.6 cm³/mol. The predicted octanol–water partition coefficient (Wildman–Crippen LogP) is 3.14. The number of benzene rings is 1. The van der Waals surface area contributed by atoms with Gasteiger partial charge in [0.05, 0.1) is 0 Å². The van der Waals surface area contributed by atoms with Crippen molar-refractivity contribution in [2.75, 3.05) is 6.54 Å². The Morgan fingerprint density at radius 2 is 1.94 bits per heavy atom. The van der Waals surface area contributed by atoms with E-state index in [2.05, 4.69) is 0 Å². The van der Waals surface area contributed by atoms with Gasteiger partial charge in [-0.2, -0.15) is 0 Å². The van der Waals surface area contributed by atoms with Crippen LogP contribution < -0.4 is 5.73 Å². The van der Waals surface area contributed by atoms with Crippen LogP contribution >= 0.6 is 0 Å². The summed E-state index contributed by atoms with van der Waals surface area (Å²) in [5.41, 5.74) is 3.61. The second-order valence-electron chi connectivity index (χ2n) is 3.97. The van der Waals surface area contributed by atoms with Crippen molar-refractivity contribution in [2.24, 2.45) is 5.73 Å². The van der Waals surface area contributed by atoms with Crippen LogP contribution in [0.1, 0.15) is 25.0 Å². The first-order chi connectivity index (χ1) is 7.36. The van der Waals surface area contributed by atoms with Crippen molar-refractivity contribution in [1.82, 2.24) is 0 Å². The smallest absolute Gasteiger partial charge is 0.166 e. The van der Waals surface area contributed by atoms with Gasteiger partial charge in [0.15, 0.2) is 11.6 Å². The molecule has 0 fully saturated rings. The summed E-state index contributed by atoms with van der Waals surface area (Å²) in [5, 5.41) is 0. The average molecular weight is 229 g/mol. The molecule has 0 saturated heterocycles. The van der Waals surface area contributed by atoms with E-state index in [0.29, 0.717) is 0 Å². The maximum atomic E-state index is 13.6. The van der Waals surface area contributed by atoms with Gasteiger partial charge in [0, 0.05) is 12.1 Å². The monoisotopic (exact) mass is 229 g/mol. The number of alkyl halides is 1. The number of hydrogen-bond acceptors (Lipinski definition) is 1. The first-order valence-corrected chi connectivity index (χ1v) is 4.91. The largest absolute Gasteiger partial charge is 0.327 e. The molecule has 0 atom stereocenters. The van der Waals surface area contributed by atoms with E-state index in [1.54, 1.807) is 0 Å². The Bertz CT molecular complexity index is 405. The molecule has 0 radical (unpaired) electrons. The molecule has 2 N–H and O–H groups in total. The topological polar surface area (TPSA) is 26.0 Å². The van der Waals surface area contributed by atoms with Crippen molar-refractivity contribution < 1.29 is 13.2 Å². The lowest BCUT2D eigenvalue weighted by molar-refractivity contribution is 0.220. The van der Waals surface area contributed by atoms with Gasteiger partial charge in [-0.1, -0.05) is 12.2 Å². The van der Waals surface area contributed by atoms with Crippen molar-refractivity contribution in [2.45, 2.75) is 19.5 Å². The molecular formula is C12H14F3N. The van der Waals surface area contributed by atoms with Crippen molar-refractivity contribution in [3.63, 3.8) is 0 Å². The molecule has 0 saturated carbocycles. The summed E-state index contributed by atoms with van der Waals surface area (Å²) in [4.78, 5) is 0. The fourth-order valence-electron chi connectivity index (χ4n) is 1.27. The van der Waals surface area contributed by atoms with Gasteiger partial charge in [-0.15, -0.1) is 0 Å². The van der Waals surface area contributed by atoms with Gasteiger partial charge in [0.25, 0.3) is 0 Å². The summed E-state index contributed by atoms with van der Waals surface area (Å²) in [6.45, 7) is 2.79. The van der Waals surface area contributed by atoms with E-state index in [0.717, 1.165) is 6.07 Å². The fourth-order valence-corrected chi connectivity index (χ4v) is 1.27. The number of hydrogen-bond donors (Lipinski definition) is 1. The molecule has 1 aromatic rings. The minimum absolute atomic E-state index is 0.00572. The molecule has 16 heavy (non-hydrogen) atoms. The molecule has 0 aliphatic heterocycles. The molecule has 1 aromatic carbocycles. The highest BCUT2D eigenvalue weighted by atomic mass is 19.2. The van der Waals surface area contributed by atoms with Crippen molar-refractivity contribution >= 4 is 6.08 Å². The van der Waals surface area contributed by atoms with Gasteiger partial charge in [-0.05, 0) is 31.5 Å². The highest BCUT2D eigenvalue weighted by molar-refractivity contribution is 5.52. The van der Waals surface area contributed by atoms with Crippen LogP contribution in [-0.2, 0) is 5.67 Å². The van der Waals surface area contributed by atoms with Gasteiger partial charge in [0.2, 0.25) is 0 Å². The Morgan fingerprint density at radius 1 is 1.31 bits per heavy atom. The molecule has 88 valence electrons. The van der Waals surface area contributed by atoms with E-state index in [4.69, 9.17) is 5.73 Å². The van der Waals surface area contributed by atoms with Crippen molar-refractivity contribution in [3.8, 4) is 0 Å². The summed E-state index contributed by atoms with van der Waals surface area (Å²) < 4.78 is 40.1. The molecule has 0 spiro atoms. The van der Waals surface area contributed by atoms with E-state index >= 15 is 0 Å². The third-order valence-corrected chi connectivity index (χ3v) is 2.18. The van der Waals surface area contributed by atoms with Crippen LogP contribution in [0.25, 0.3) is 6.08 Å². The Morgan fingerprint density at radius 3 is 2.44 bits per heavy atom. The summed E-state index contributed by atoms with van der Waals surface area (Å²) >= 11 is 0. The van der Waals surface area contributed by atoms with Gasteiger partial charge in [0.1, 0.15) is 5.67 Å². The molecule has 0 aliphatic carbocycles. The van der Waals surface area contributed by atoms with E-state index in [9.17, 15) is 13.2 Å². The first-order valence-electron chi connectivity index (χ1n) is 4.91. The summed E-state index contributed by atoms with van der Waals surface area (Å²) in [6.07, 6.45) is 2.82. The maximum Gasteiger partial charge on any atom is 0.166 e. The van der Waals surface area contributed by atoms with Crippen LogP contribution in [0.5, 0.6) is 0 Å². The number of halogens is 3. The molecule has 1 nitrogen and oxygen atoms in total. The zero-order valence-electron chi connectivity index (χ0n) is 9.23. The Kier molecular flexibility index (Phi) is 3.75. The fraction of sp³-hybridized carbons (Fsp3) is 0.333. The summed E-state index contributed by atoms with van der Waals surface area (Å²) in [5.74, 6) is -2.04. The van der Waals surface area contributed by atoms with Crippen molar-refractivity contribution in [1.29, 1.82) is 0 Å². The van der Waals surface area contributed by atoms with E-state index in [1.165, 1.54) is 32.1 Å². The standard InChI is InChI=1S/C12H14F3N/c1-12(2,15)9-6-8(4-3-5-16)11(14)10(13)7-9/h3-4,6-7H,5,16H2,1-2H3/b4-3+. The third-order valence-electron chi connectivity index (χ3n) is 2.18. The molecule has 0 aromatic heterocycles. The van der Waals surface area contributed by atoms with Crippen LogP contribution in [0.2, 0.25) is 0 Å². The molecule has 0 unspecified atom stereocenters. The normalized spacial score (nSPS) is 12.4. The highest BCUT2D eigenvalue weighted by Crippen LogP contribution is 2.28. The number of rotatable bonds is 3. The molecule has 0 aliphatic rings. The third kappa shape index (κ3) is 2.85. The van der Waals surface area contributed by atoms with Crippen molar-refractivity contribution in [3.05, 3.63) is 41.0 Å². The molecule has 0 bridgehead atoms. The Hall–Kier alpha value is -1.29. The van der Waals surface area contributed by atoms with Gasteiger partial charge >= 0.3 is 0 Å². The second-order valence-corrected chi connectivity index (χ2v) is 3.97. The zero-order chi connectivity index (χ0) is 12.3. The van der Waals surface area contributed by atoms with Crippen LogP contribution in [0, 0.1) is 11.6 Å². The number of nitrogens with two attached hydrogens (primary N) is 1. The quantitative estimate of drug-likeness (QED) is 0.846. The molecule has 1 rings (SSSR count).